The van der Waals surface area contributed by atoms with Gasteiger partial charge in [0.15, 0.2) is 0 Å². The lowest BCUT2D eigenvalue weighted by Crippen LogP contribution is -2.27. The highest BCUT2D eigenvalue weighted by atomic mass is 16.5. The molecular formula is C20H34O3. The number of carbonyl (C=O) groups is 1. The van der Waals surface area contributed by atoms with Crippen LogP contribution in [0, 0.1) is 5.92 Å². The van der Waals surface area contributed by atoms with Gasteiger partial charge in [-0.2, -0.15) is 0 Å². The lowest BCUT2D eigenvalue weighted by molar-refractivity contribution is -0.137. The fourth-order valence-corrected chi connectivity index (χ4v) is 3.01. The summed E-state index contributed by atoms with van der Waals surface area (Å²) in [5.74, 6) is -0.130. The summed E-state index contributed by atoms with van der Waals surface area (Å²) < 4.78 is 5.93. The maximum Gasteiger partial charge on any atom is 0.303 e. The summed E-state index contributed by atoms with van der Waals surface area (Å²) in [4.78, 5) is 10.5. The fourth-order valence-electron chi connectivity index (χ4n) is 3.01. The first-order valence-corrected chi connectivity index (χ1v) is 9.39. The number of hydrogen-bond donors (Lipinski definition) is 1. The van der Waals surface area contributed by atoms with Crippen LogP contribution in [0.3, 0.4) is 0 Å². The first kappa shape index (κ1) is 20.0. The van der Waals surface area contributed by atoms with Crippen LogP contribution in [0.15, 0.2) is 24.3 Å². The smallest absolute Gasteiger partial charge is 0.303 e. The molecule has 0 aromatic carbocycles. The molecular weight excluding hydrogens is 288 g/mol. The molecule has 1 saturated heterocycles. The van der Waals surface area contributed by atoms with Crippen LogP contribution < -0.4 is 0 Å². The molecule has 0 aromatic rings. The van der Waals surface area contributed by atoms with Gasteiger partial charge in [0.2, 0.25) is 0 Å². The summed E-state index contributed by atoms with van der Waals surface area (Å²) in [5.41, 5.74) is 0. The zero-order valence-electron chi connectivity index (χ0n) is 14.7. The summed E-state index contributed by atoms with van der Waals surface area (Å²) in [6.07, 6.45) is 20.8. The van der Waals surface area contributed by atoms with E-state index in [9.17, 15) is 4.79 Å². The molecule has 1 fully saturated rings. The Kier molecular flexibility index (Phi) is 11.6. The van der Waals surface area contributed by atoms with Crippen molar-refractivity contribution >= 4 is 5.97 Å². The molecule has 1 heterocycles. The van der Waals surface area contributed by atoms with Gasteiger partial charge in [0.25, 0.3) is 0 Å². The van der Waals surface area contributed by atoms with Crippen molar-refractivity contribution in [1.82, 2.24) is 0 Å². The molecule has 0 unspecified atom stereocenters. The van der Waals surface area contributed by atoms with Crippen molar-refractivity contribution in [3.05, 3.63) is 24.3 Å². The standard InChI is InChI=1S/C20H34O3/c1-2-3-4-5-6-10-15-19-18(14-12-17-23-19)13-9-7-8-11-16-20(21)22/h7,9-10,15,18-19H,2-6,8,11-14,16-17H2,1H3,(H,21,22)/b9-7+,15-10+/t18-,19+/m0/s1. The molecule has 1 rings (SSSR count). The number of carboxylic acid groups (broad SMARTS) is 1. The van der Waals surface area contributed by atoms with E-state index in [-0.39, 0.29) is 12.5 Å². The van der Waals surface area contributed by atoms with Crippen LogP contribution in [-0.2, 0) is 9.53 Å². The number of aliphatic carboxylic acids is 1. The molecule has 0 bridgehead atoms. The third-order valence-corrected chi connectivity index (χ3v) is 4.41. The van der Waals surface area contributed by atoms with E-state index in [0.29, 0.717) is 5.92 Å². The average Bonchev–Trinajstić information content (AvgIpc) is 2.55. The van der Waals surface area contributed by atoms with E-state index in [1.54, 1.807) is 0 Å². The van der Waals surface area contributed by atoms with Crippen molar-refractivity contribution in [3.63, 3.8) is 0 Å². The predicted molar refractivity (Wildman–Crippen MR) is 95.6 cm³/mol. The van der Waals surface area contributed by atoms with Gasteiger partial charge in [-0.1, -0.05) is 50.5 Å². The molecule has 0 amide bonds. The molecule has 132 valence electrons. The normalized spacial score (nSPS) is 22.1. The van der Waals surface area contributed by atoms with Crippen LogP contribution in [0.5, 0.6) is 0 Å². The minimum Gasteiger partial charge on any atom is -0.481 e. The van der Waals surface area contributed by atoms with Gasteiger partial charge in [-0.3, -0.25) is 4.79 Å². The molecule has 2 atom stereocenters. The van der Waals surface area contributed by atoms with Crippen molar-refractivity contribution < 1.29 is 14.6 Å². The van der Waals surface area contributed by atoms with Crippen molar-refractivity contribution in [2.45, 2.75) is 83.7 Å². The van der Waals surface area contributed by atoms with Crippen molar-refractivity contribution in [2.75, 3.05) is 6.61 Å². The van der Waals surface area contributed by atoms with Gasteiger partial charge in [-0.15, -0.1) is 0 Å². The molecule has 1 N–H and O–H groups in total. The van der Waals surface area contributed by atoms with Crippen LogP contribution in [0.4, 0.5) is 0 Å². The second-order valence-electron chi connectivity index (χ2n) is 6.51. The molecule has 0 radical (unpaired) electrons. The Bertz CT molecular complexity index is 360. The Morgan fingerprint density at radius 3 is 2.74 bits per heavy atom. The summed E-state index contributed by atoms with van der Waals surface area (Å²) >= 11 is 0. The summed E-state index contributed by atoms with van der Waals surface area (Å²) in [6.45, 7) is 3.12. The molecule has 3 nitrogen and oxygen atoms in total. The highest BCUT2D eigenvalue weighted by molar-refractivity contribution is 5.66. The van der Waals surface area contributed by atoms with Gasteiger partial charge in [0, 0.05) is 13.0 Å². The highest BCUT2D eigenvalue weighted by Crippen LogP contribution is 2.25. The summed E-state index contributed by atoms with van der Waals surface area (Å²) in [7, 11) is 0. The number of ether oxygens (including phenoxy) is 1. The zero-order chi connectivity index (χ0) is 16.8. The molecule has 3 heteroatoms. The van der Waals surface area contributed by atoms with Crippen molar-refractivity contribution in [3.8, 4) is 0 Å². The Morgan fingerprint density at radius 2 is 1.96 bits per heavy atom. The van der Waals surface area contributed by atoms with Gasteiger partial charge in [0.05, 0.1) is 6.10 Å². The first-order valence-electron chi connectivity index (χ1n) is 9.39. The van der Waals surface area contributed by atoms with E-state index in [4.69, 9.17) is 9.84 Å². The van der Waals surface area contributed by atoms with Gasteiger partial charge in [-0.25, -0.2) is 0 Å². The SMILES string of the molecule is CCCCCC/C=C/[C@H]1OCCC[C@@H]1C/C=C/CCCC(=O)O. The molecule has 1 aliphatic rings. The molecule has 0 aliphatic carbocycles. The maximum atomic E-state index is 10.5. The highest BCUT2D eigenvalue weighted by Gasteiger charge is 2.22. The van der Waals surface area contributed by atoms with Crippen LogP contribution in [0.25, 0.3) is 0 Å². The number of rotatable bonds is 12. The van der Waals surface area contributed by atoms with E-state index in [2.05, 4.69) is 31.2 Å². The van der Waals surface area contributed by atoms with E-state index in [0.717, 1.165) is 38.7 Å². The third kappa shape index (κ3) is 10.3. The number of unbranched alkanes of at least 4 members (excludes halogenated alkanes) is 5. The monoisotopic (exact) mass is 322 g/mol. The Morgan fingerprint density at radius 1 is 1.13 bits per heavy atom. The van der Waals surface area contributed by atoms with Gasteiger partial charge >= 0.3 is 5.97 Å². The molecule has 1 aliphatic heterocycles. The largest absolute Gasteiger partial charge is 0.481 e. The minimum atomic E-state index is -0.705. The van der Waals surface area contributed by atoms with E-state index < -0.39 is 5.97 Å². The zero-order valence-corrected chi connectivity index (χ0v) is 14.7. The van der Waals surface area contributed by atoms with Crippen LogP contribution >= 0.6 is 0 Å². The van der Waals surface area contributed by atoms with E-state index in [1.165, 1.54) is 32.1 Å². The minimum absolute atomic E-state index is 0.263. The van der Waals surface area contributed by atoms with Gasteiger partial charge in [0.1, 0.15) is 0 Å². The Hall–Kier alpha value is -1.09. The summed E-state index contributed by atoms with van der Waals surface area (Å²) in [5, 5.41) is 8.61. The predicted octanol–water partition coefficient (Wildman–Crippen LogP) is 5.51. The Balaban J connectivity index is 2.23. The maximum absolute atomic E-state index is 10.5. The number of carboxylic acids is 1. The van der Waals surface area contributed by atoms with Crippen LogP contribution in [-0.4, -0.2) is 23.8 Å². The molecule has 23 heavy (non-hydrogen) atoms. The first-order chi connectivity index (χ1) is 11.2. The van der Waals surface area contributed by atoms with Crippen molar-refractivity contribution in [2.24, 2.45) is 5.92 Å². The van der Waals surface area contributed by atoms with Gasteiger partial charge in [-0.05, 0) is 50.9 Å². The topological polar surface area (TPSA) is 46.5 Å². The molecule has 0 aromatic heterocycles. The van der Waals surface area contributed by atoms with Crippen LogP contribution in [0.2, 0.25) is 0 Å². The lowest BCUT2D eigenvalue weighted by atomic mass is 9.90. The van der Waals surface area contributed by atoms with Gasteiger partial charge < -0.3 is 9.84 Å². The van der Waals surface area contributed by atoms with Crippen LogP contribution in [0.1, 0.15) is 77.6 Å². The molecule has 0 spiro atoms. The second kappa shape index (κ2) is 13.4. The van der Waals surface area contributed by atoms with Crippen molar-refractivity contribution in [1.29, 1.82) is 0 Å². The lowest BCUT2D eigenvalue weighted by Gasteiger charge is -2.29. The number of hydrogen-bond acceptors (Lipinski definition) is 2. The average molecular weight is 322 g/mol. The fraction of sp³-hybridized carbons (Fsp3) is 0.750. The van der Waals surface area contributed by atoms with E-state index in [1.807, 2.05) is 0 Å². The second-order valence-corrected chi connectivity index (χ2v) is 6.51. The Labute approximate surface area is 141 Å². The molecule has 0 saturated carbocycles. The third-order valence-electron chi connectivity index (χ3n) is 4.41. The number of allylic oxidation sites excluding steroid dienone is 3. The quantitative estimate of drug-likeness (QED) is 0.381. The van der Waals surface area contributed by atoms with E-state index >= 15 is 0 Å². The summed E-state index contributed by atoms with van der Waals surface area (Å²) in [6, 6.07) is 0.